The largest absolute Gasteiger partial charge is 0.497 e. The Morgan fingerprint density at radius 1 is 0.941 bits per heavy atom. The molecule has 0 atom stereocenters. The van der Waals surface area contributed by atoms with Gasteiger partial charge in [-0.2, -0.15) is 0 Å². The first kappa shape index (κ1) is 22.7. The van der Waals surface area contributed by atoms with Gasteiger partial charge < -0.3 is 29.0 Å². The number of hydrogen-bond acceptors (Lipinski definition) is 7. The number of hydrogen-bond donors (Lipinski definition) is 1. The van der Waals surface area contributed by atoms with Crippen LogP contribution in [-0.4, -0.2) is 39.6 Å². The van der Waals surface area contributed by atoms with Gasteiger partial charge in [0.1, 0.15) is 17.2 Å². The summed E-state index contributed by atoms with van der Waals surface area (Å²) < 4.78 is 27.2. The molecule has 3 aromatic rings. The van der Waals surface area contributed by atoms with E-state index in [1.54, 1.807) is 81.0 Å². The molecule has 0 fully saturated rings. The zero-order valence-corrected chi connectivity index (χ0v) is 18.9. The number of fused-ring (bicyclic) bond motifs is 1. The van der Waals surface area contributed by atoms with Crippen molar-refractivity contribution in [1.82, 2.24) is 0 Å². The van der Waals surface area contributed by atoms with Crippen molar-refractivity contribution < 1.29 is 33.3 Å². The van der Waals surface area contributed by atoms with E-state index in [1.165, 1.54) is 7.11 Å². The molecule has 1 aliphatic rings. The number of anilines is 1. The topological polar surface area (TPSA) is 92.3 Å². The molecule has 1 aliphatic heterocycles. The molecule has 0 saturated carbocycles. The lowest BCUT2D eigenvalue weighted by molar-refractivity contribution is -0.118. The molecule has 1 N–H and O–H groups in total. The average Bonchev–Trinajstić information content (AvgIpc) is 3.17. The first-order valence-corrected chi connectivity index (χ1v) is 10.4. The number of Topliss-reactive ketones (excluding diaryl/α,β-unsaturated/α-hetero) is 1. The fourth-order valence-electron chi connectivity index (χ4n) is 3.44. The van der Waals surface area contributed by atoms with Crippen molar-refractivity contribution in [3.05, 3.63) is 77.5 Å². The van der Waals surface area contributed by atoms with Crippen molar-refractivity contribution in [3.8, 4) is 28.7 Å². The Labute approximate surface area is 196 Å². The molecule has 4 rings (SSSR count). The highest BCUT2D eigenvalue weighted by Crippen LogP contribution is 2.37. The summed E-state index contributed by atoms with van der Waals surface area (Å²) in [6.45, 7) is -0.206. The van der Waals surface area contributed by atoms with Crippen LogP contribution in [0.15, 0.2) is 66.4 Å². The molecule has 0 radical (unpaired) electrons. The van der Waals surface area contributed by atoms with Crippen LogP contribution in [0.1, 0.15) is 15.9 Å². The van der Waals surface area contributed by atoms with Crippen LogP contribution in [-0.2, 0) is 4.79 Å². The predicted molar refractivity (Wildman–Crippen MR) is 126 cm³/mol. The maximum absolute atomic E-state index is 12.8. The summed E-state index contributed by atoms with van der Waals surface area (Å²) in [5.74, 6) is 2.05. The summed E-state index contributed by atoms with van der Waals surface area (Å²) in [6, 6.07) is 17.1. The van der Waals surface area contributed by atoms with E-state index in [-0.39, 0.29) is 24.1 Å². The number of amides is 1. The zero-order valence-electron chi connectivity index (χ0n) is 18.9. The third-order valence-corrected chi connectivity index (χ3v) is 5.11. The number of ketones is 1. The van der Waals surface area contributed by atoms with Gasteiger partial charge in [-0.15, -0.1) is 0 Å². The zero-order chi connectivity index (χ0) is 24.1. The Kier molecular flexibility index (Phi) is 6.68. The number of rotatable bonds is 8. The predicted octanol–water partition coefficient (Wildman–Crippen LogP) is 4.35. The molecule has 0 bridgehead atoms. The van der Waals surface area contributed by atoms with Crippen LogP contribution in [0.5, 0.6) is 28.7 Å². The van der Waals surface area contributed by atoms with Crippen LogP contribution in [0.2, 0.25) is 0 Å². The lowest BCUT2D eigenvalue weighted by Gasteiger charge is -2.10. The smallest absolute Gasteiger partial charge is 0.262 e. The van der Waals surface area contributed by atoms with E-state index in [0.717, 1.165) is 0 Å². The lowest BCUT2D eigenvalue weighted by Crippen LogP contribution is -2.20. The molecule has 0 saturated heterocycles. The molecule has 1 amide bonds. The normalized spacial score (nSPS) is 13.1. The van der Waals surface area contributed by atoms with Gasteiger partial charge in [-0.25, -0.2) is 0 Å². The molecule has 8 nitrogen and oxygen atoms in total. The minimum absolute atomic E-state index is 0.149. The average molecular weight is 461 g/mol. The molecule has 0 unspecified atom stereocenters. The third-order valence-electron chi connectivity index (χ3n) is 5.11. The van der Waals surface area contributed by atoms with Crippen molar-refractivity contribution in [1.29, 1.82) is 0 Å². The molecular formula is C26H23NO7. The van der Waals surface area contributed by atoms with Crippen LogP contribution in [0.4, 0.5) is 5.69 Å². The van der Waals surface area contributed by atoms with Crippen LogP contribution in [0.25, 0.3) is 6.08 Å². The first-order chi connectivity index (χ1) is 16.5. The number of para-hydroxylation sites is 1. The molecular weight excluding hydrogens is 438 g/mol. The standard InChI is InChI=1S/C26H23NO7/c1-30-18-9-7-17(8-10-18)27-24(28)15-33-19-11-12-20-22(14-19)34-23(25(20)29)13-16-5-4-6-21(31-2)26(16)32-3/h4-14H,15H2,1-3H3,(H,27,28)/b23-13-. The lowest BCUT2D eigenvalue weighted by atomic mass is 10.1. The highest BCUT2D eigenvalue weighted by molar-refractivity contribution is 6.14. The van der Waals surface area contributed by atoms with Crippen molar-refractivity contribution in [2.75, 3.05) is 33.3 Å². The molecule has 3 aromatic carbocycles. The Balaban J connectivity index is 1.43. The minimum atomic E-state index is -0.326. The van der Waals surface area contributed by atoms with E-state index in [9.17, 15) is 9.59 Å². The first-order valence-electron chi connectivity index (χ1n) is 10.4. The molecule has 0 aromatic heterocycles. The third kappa shape index (κ3) is 4.80. The van der Waals surface area contributed by atoms with E-state index in [4.69, 9.17) is 23.7 Å². The fraction of sp³-hybridized carbons (Fsp3) is 0.154. The van der Waals surface area contributed by atoms with E-state index >= 15 is 0 Å². The van der Waals surface area contributed by atoms with Crippen LogP contribution < -0.4 is 29.0 Å². The maximum atomic E-state index is 12.8. The molecule has 1 heterocycles. The van der Waals surface area contributed by atoms with E-state index in [2.05, 4.69) is 5.32 Å². The molecule has 8 heteroatoms. The van der Waals surface area contributed by atoms with Crippen molar-refractivity contribution in [2.24, 2.45) is 0 Å². The Bertz CT molecular complexity index is 1250. The monoisotopic (exact) mass is 461 g/mol. The van der Waals surface area contributed by atoms with Crippen molar-refractivity contribution >= 4 is 23.5 Å². The number of carbonyl (C=O) groups excluding carboxylic acids is 2. The van der Waals surface area contributed by atoms with Gasteiger partial charge >= 0.3 is 0 Å². The Morgan fingerprint density at radius 2 is 1.71 bits per heavy atom. The summed E-state index contributed by atoms with van der Waals surface area (Å²) in [5.41, 5.74) is 1.67. The summed E-state index contributed by atoms with van der Waals surface area (Å²) in [4.78, 5) is 25.0. The van der Waals surface area contributed by atoms with Gasteiger partial charge in [-0.05, 0) is 48.5 Å². The van der Waals surface area contributed by atoms with Gasteiger partial charge in [0.2, 0.25) is 5.78 Å². The molecule has 174 valence electrons. The summed E-state index contributed by atoms with van der Waals surface area (Å²) >= 11 is 0. The number of methoxy groups -OCH3 is 3. The van der Waals surface area contributed by atoms with Gasteiger partial charge in [0, 0.05) is 17.3 Å². The fourth-order valence-corrected chi connectivity index (χ4v) is 3.44. The maximum Gasteiger partial charge on any atom is 0.262 e. The highest BCUT2D eigenvalue weighted by Gasteiger charge is 2.28. The van der Waals surface area contributed by atoms with Gasteiger partial charge in [-0.1, -0.05) is 12.1 Å². The van der Waals surface area contributed by atoms with E-state index in [0.29, 0.717) is 45.6 Å². The summed E-state index contributed by atoms with van der Waals surface area (Å²) in [6.07, 6.45) is 1.60. The van der Waals surface area contributed by atoms with Crippen LogP contribution >= 0.6 is 0 Å². The SMILES string of the molecule is COc1ccc(NC(=O)COc2ccc3c(c2)O/C(=C\c2cccc(OC)c2OC)C3=O)cc1. The van der Waals surface area contributed by atoms with Gasteiger partial charge in [-0.3, -0.25) is 9.59 Å². The number of nitrogens with one attached hydrogen (secondary N) is 1. The quantitative estimate of drug-likeness (QED) is 0.499. The van der Waals surface area contributed by atoms with Gasteiger partial charge in [0.25, 0.3) is 5.91 Å². The molecule has 0 aliphatic carbocycles. The second-order valence-electron chi connectivity index (χ2n) is 7.25. The number of benzene rings is 3. The molecule has 34 heavy (non-hydrogen) atoms. The van der Waals surface area contributed by atoms with Gasteiger partial charge in [0.15, 0.2) is 23.9 Å². The Hall–Kier alpha value is -4.46. The second-order valence-corrected chi connectivity index (χ2v) is 7.25. The van der Waals surface area contributed by atoms with Crippen molar-refractivity contribution in [2.45, 2.75) is 0 Å². The van der Waals surface area contributed by atoms with E-state index in [1.807, 2.05) is 0 Å². The number of ether oxygens (including phenoxy) is 5. The number of carbonyl (C=O) groups is 2. The van der Waals surface area contributed by atoms with E-state index < -0.39 is 0 Å². The summed E-state index contributed by atoms with van der Waals surface area (Å²) in [7, 11) is 4.64. The second kappa shape index (κ2) is 9.99. The van der Waals surface area contributed by atoms with Crippen molar-refractivity contribution in [3.63, 3.8) is 0 Å². The number of allylic oxidation sites excluding steroid dienone is 1. The van der Waals surface area contributed by atoms with Crippen LogP contribution in [0.3, 0.4) is 0 Å². The van der Waals surface area contributed by atoms with Gasteiger partial charge in [0.05, 0.1) is 26.9 Å². The molecule has 0 spiro atoms. The summed E-state index contributed by atoms with van der Waals surface area (Å²) in [5, 5.41) is 2.74. The van der Waals surface area contributed by atoms with Crippen LogP contribution in [0, 0.1) is 0 Å². The Morgan fingerprint density at radius 3 is 2.41 bits per heavy atom. The minimum Gasteiger partial charge on any atom is -0.497 e. The highest BCUT2D eigenvalue weighted by atomic mass is 16.5.